The highest BCUT2D eigenvalue weighted by atomic mass is 19.1. The van der Waals surface area contributed by atoms with E-state index in [9.17, 15) is 9.18 Å². The molecule has 3 nitrogen and oxygen atoms in total. The molecule has 0 aromatic heterocycles. The quantitative estimate of drug-likeness (QED) is 0.907. The van der Waals surface area contributed by atoms with Crippen molar-refractivity contribution >= 4 is 5.97 Å². The number of halogens is 1. The molecule has 1 aliphatic rings. The van der Waals surface area contributed by atoms with Crippen molar-refractivity contribution in [1.29, 1.82) is 0 Å². The maximum absolute atomic E-state index is 13.8. The molecule has 0 amide bonds. The van der Waals surface area contributed by atoms with Crippen LogP contribution in [0.4, 0.5) is 4.39 Å². The van der Waals surface area contributed by atoms with Gasteiger partial charge < -0.3 is 9.84 Å². The van der Waals surface area contributed by atoms with Crippen molar-refractivity contribution in [1.82, 2.24) is 0 Å². The van der Waals surface area contributed by atoms with E-state index in [1.165, 1.54) is 13.2 Å². The number of carboxylic acids is 1. The lowest BCUT2D eigenvalue weighted by atomic mass is 9.67. The summed E-state index contributed by atoms with van der Waals surface area (Å²) in [6.45, 7) is 0. The minimum Gasteiger partial charge on any atom is -0.494 e. The first kappa shape index (κ1) is 13.8. The lowest BCUT2D eigenvalue weighted by Gasteiger charge is -2.36. The summed E-state index contributed by atoms with van der Waals surface area (Å²) < 4.78 is 18.8. The number of methoxy groups -OCH3 is 1. The summed E-state index contributed by atoms with van der Waals surface area (Å²) in [5.41, 5.74) is 0.366. The van der Waals surface area contributed by atoms with Crippen LogP contribution in [-0.4, -0.2) is 18.2 Å². The normalized spacial score (nSPS) is 18.0. The molecule has 0 spiro atoms. The molecule has 1 saturated carbocycles. The van der Waals surface area contributed by atoms with Crippen molar-refractivity contribution in [3.05, 3.63) is 29.6 Å². The zero-order valence-corrected chi connectivity index (χ0v) is 11.1. The first-order chi connectivity index (χ1) is 9.07. The fraction of sp³-hybridized carbons (Fsp3) is 0.533. The highest BCUT2D eigenvalue weighted by Gasteiger charge is 2.36. The maximum atomic E-state index is 13.8. The lowest BCUT2D eigenvalue weighted by molar-refractivity contribution is -0.138. The van der Waals surface area contributed by atoms with Crippen molar-refractivity contribution in [2.24, 2.45) is 0 Å². The highest BCUT2D eigenvalue weighted by molar-refractivity contribution is 5.69. The fourth-order valence-corrected chi connectivity index (χ4v) is 3.08. The average molecular weight is 266 g/mol. The van der Waals surface area contributed by atoms with E-state index in [0.29, 0.717) is 0 Å². The Bertz CT molecular complexity index is 464. The summed E-state index contributed by atoms with van der Waals surface area (Å²) in [6, 6.07) is 4.83. The molecule has 0 saturated heterocycles. The van der Waals surface area contributed by atoms with Crippen LogP contribution in [0.25, 0.3) is 0 Å². The molecule has 1 aromatic carbocycles. The molecule has 1 aliphatic carbocycles. The molecule has 2 rings (SSSR count). The Kier molecular flexibility index (Phi) is 4.08. The van der Waals surface area contributed by atoms with Gasteiger partial charge in [-0.25, -0.2) is 4.39 Å². The molecule has 0 bridgehead atoms. The van der Waals surface area contributed by atoms with Gasteiger partial charge in [0.05, 0.1) is 13.5 Å². The van der Waals surface area contributed by atoms with E-state index in [1.54, 1.807) is 12.1 Å². The standard InChI is InChI=1S/C15H19FO3/c1-19-13-6-5-11(9-12(13)16)15(10-14(17)18)7-3-2-4-8-15/h5-6,9H,2-4,7-8,10H2,1H3,(H,17,18). The molecule has 1 aromatic rings. The molecule has 0 aliphatic heterocycles. The van der Waals surface area contributed by atoms with E-state index < -0.39 is 17.2 Å². The average Bonchev–Trinajstić information content (AvgIpc) is 2.39. The number of carbonyl (C=O) groups is 1. The zero-order chi connectivity index (χ0) is 13.9. The summed E-state index contributed by atoms with van der Waals surface area (Å²) in [7, 11) is 1.42. The number of ether oxygens (including phenoxy) is 1. The van der Waals surface area contributed by atoms with Gasteiger partial charge in [0.25, 0.3) is 0 Å². The molecule has 4 heteroatoms. The van der Waals surface area contributed by atoms with E-state index in [1.807, 2.05) is 0 Å². The van der Waals surface area contributed by atoms with Crippen LogP contribution in [0.5, 0.6) is 5.75 Å². The summed E-state index contributed by atoms with van der Waals surface area (Å²) in [5.74, 6) is -1.04. The van der Waals surface area contributed by atoms with E-state index >= 15 is 0 Å². The summed E-state index contributed by atoms with van der Waals surface area (Å²) >= 11 is 0. The van der Waals surface area contributed by atoms with Crippen molar-refractivity contribution in [3.8, 4) is 5.75 Å². The van der Waals surface area contributed by atoms with Crippen molar-refractivity contribution in [2.75, 3.05) is 7.11 Å². The summed E-state index contributed by atoms with van der Waals surface area (Å²) in [5, 5.41) is 9.14. The summed E-state index contributed by atoms with van der Waals surface area (Å²) in [6.07, 6.45) is 4.82. The Morgan fingerprint density at radius 3 is 2.58 bits per heavy atom. The Balaban J connectivity index is 2.37. The van der Waals surface area contributed by atoms with E-state index in [-0.39, 0.29) is 12.2 Å². The SMILES string of the molecule is COc1ccc(C2(CC(=O)O)CCCCC2)cc1F. The molecule has 1 fully saturated rings. The Labute approximate surface area is 112 Å². The number of benzene rings is 1. The van der Waals surface area contributed by atoms with Crippen LogP contribution in [0, 0.1) is 5.82 Å². The second-order valence-corrected chi connectivity index (χ2v) is 5.26. The Morgan fingerprint density at radius 1 is 1.37 bits per heavy atom. The second kappa shape index (κ2) is 5.59. The number of hydrogen-bond donors (Lipinski definition) is 1. The second-order valence-electron chi connectivity index (χ2n) is 5.26. The van der Waals surface area contributed by atoms with Crippen molar-refractivity contribution in [3.63, 3.8) is 0 Å². The Morgan fingerprint density at radius 2 is 2.05 bits per heavy atom. The number of aliphatic carboxylic acids is 1. The van der Waals surface area contributed by atoms with Gasteiger partial charge in [-0.15, -0.1) is 0 Å². The van der Waals surface area contributed by atoms with Gasteiger partial charge in [0, 0.05) is 5.41 Å². The third-order valence-corrected chi connectivity index (χ3v) is 4.06. The highest BCUT2D eigenvalue weighted by Crippen LogP contribution is 2.43. The van der Waals surface area contributed by atoms with Gasteiger partial charge in [-0.3, -0.25) is 4.79 Å². The minimum atomic E-state index is -0.821. The van der Waals surface area contributed by atoms with Gasteiger partial charge in [-0.2, -0.15) is 0 Å². The van der Waals surface area contributed by atoms with E-state index in [0.717, 1.165) is 37.7 Å². The monoisotopic (exact) mass is 266 g/mol. The molecule has 0 atom stereocenters. The van der Waals surface area contributed by atoms with Gasteiger partial charge in [-0.1, -0.05) is 25.3 Å². The van der Waals surface area contributed by atoms with Crippen LogP contribution in [0.1, 0.15) is 44.1 Å². The summed E-state index contributed by atoms with van der Waals surface area (Å²) in [4.78, 5) is 11.1. The van der Waals surface area contributed by atoms with Crippen LogP contribution >= 0.6 is 0 Å². The topological polar surface area (TPSA) is 46.5 Å². The number of carboxylic acid groups (broad SMARTS) is 1. The molecule has 0 radical (unpaired) electrons. The van der Waals surface area contributed by atoms with Crippen LogP contribution in [0.2, 0.25) is 0 Å². The Hall–Kier alpha value is -1.58. The van der Waals surface area contributed by atoms with Gasteiger partial charge >= 0.3 is 5.97 Å². The third-order valence-electron chi connectivity index (χ3n) is 4.06. The van der Waals surface area contributed by atoms with E-state index in [4.69, 9.17) is 9.84 Å². The van der Waals surface area contributed by atoms with Crippen LogP contribution < -0.4 is 4.74 Å². The molecule has 19 heavy (non-hydrogen) atoms. The van der Waals surface area contributed by atoms with E-state index in [2.05, 4.69) is 0 Å². The van der Waals surface area contributed by atoms with Crippen LogP contribution in [-0.2, 0) is 10.2 Å². The van der Waals surface area contributed by atoms with Crippen molar-refractivity contribution in [2.45, 2.75) is 43.9 Å². The molecular weight excluding hydrogens is 247 g/mol. The molecule has 104 valence electrons. The van der Waals surface area contributed by atoms with Gasteiger partial charge in [0.2, 0.25) is 0 Å². The number of rotatable bonds is 4. The van der Waals surface area contributed by atoms with Crippen LogP contribution in [0.15, 0.2) is 18.2 Å². The van der Waals surface area contributed by atoms with Gasteiger partial charge in [0.15, 0.2) is 11.6 Å². The van der Waals surface area contributed by atoms with Crippen LogP contribution in [0.3, 0.4) is 0 Å². The first-order valence-electron chi connectivity index (χ1n) is 6.63. The largest absolute Gasteiger partial charge is 0.494 e. The smallest absolute Gasteiger partial charge is 0.304 e. The molecular formula is C15H19FO3. The molecule has 0 heterocycles. The third kappa shape index (κ3) is 2.88. The first-order valence-corrected chi connectivity index (χ1v) is 6.63. The van der Waals surface area contributed by atoms with Gasteiger partial charge in [-0.05, 0) is 30.5 Å². The molecule has 0 unspecified atom stereocenters. The maximum Gasteiger partial charge on any atom is 0.304 e. The zero-order valence-electron chi connectivity index (χ0n) is 11.1. The predicted molar refractivity (Wildman–Crippen MR) is 70.0 cm³/mol. The minimum absolute atomic E-state index is 0.0682. The lowest BCUT2D eigenvalue weighted by Crippen LogP contribution is -2.32. The predicted octanol–water partition coefficient (Wildman–Crippen LogP) is 3.51. The molecule has 1 N–H and O–H groups in total. The fourth-order valence-electron chi connectivity index (χ4n) is 3.08. The van der Waals surface area contributed by atoms with Crippen molar-refractivity contribution < 1.29 is 19.0 Å². The van der Waals surface area contributed by atoms with Gasteiger partial charge in [0.1, 0.15) is 0 Å². The number of hydrogen-bond acceptors (Lipinski definition) is 2.